The fourth-order valence-electron chi connectivity index (χ4n) is 2.07. The minimum absolute atomic E-state index is 0.404. The third-order valence-electron chi connectivity index (χ3n) is 3.01. The molecule has 0 aliphatic heterocycles. The fourth-order valence-corrected chi connectivity index (χ4v) is 2.58. The van der Waals surface area contributed by atoms with Crippen LogP contribution >= 0.6 is 24.4 Å². The lowest BCUT2D eigenvalue weighted by atomic mass is 10.3. The highest BCUT2D eigenvalue weighted by Crippen LogP contribution is 2.26. The lowest BCUT2D eigenvalue weighted by molar-refractivity contribution is 0.518. The Morgan fingerprint density at radius 3 is 2.76 bits per heavy atom. The zero-order chi connectivity index (χ0) is 12.2. The van der Waals surface area contributed by atoms with Crippen LogP contribution in [0.15, 0.2) is 28.8 Å². The van der Waals surface area contributed by atoms with Gasteiger partial charge in [-0.25, -0.2) is 0 Å². The molecule has 0 bridgehead atoms. The normalized spacial score (nSPS) is 11.4. The molecule has 0 aliphatic carbocycles. The van der Waals surface area contributed by atoms with Gasteiger partial charge in [0.1, 0.15) is 10.2 Å². The zero-order valence-corrected chi connectivity index (χ0v) is 11.1. The molecular weight excluding hydrogens is 252 g/mol. The summed E-state index contributed by atoms with van der Waals surface area (Å²) in [4.78, 5) is 0.404. The molecule has 86 valence electrons. The molecule has 3 nitrogen and oxygen atoms in total. The van der Waals surface area contributed by atoms with Crippen molar-refractivity contribution in [1.29, 1.82) is 0 Å². The molecule has 3 rings (SSSR count). The van der Waals surface area contributed by atoms with E-state index in [4.69, 9.17) is 28.9 Å². The molecule has 3 aromatic heterocycles. The summed E-state index contributed by atoms with van der Waals surface area (Å²) < 4.78 is 10.1. The minimum atomic E-state index is 0.404. The maximum absolute atomic E-state index is 5.68. The molecule has 0 aliphatic rings. The van der Waals surface area contributed by atoms with Crippen LogP contribution in [0.2, 0.25) is 0 Å². The molecule has 3 heterocycles. The van der Waals surface area contributed by atoms with Crippen molar-refractivity contribution in [2.24, 2.45) is 7.05 Å². The molecule has 0 spiro atoms. The highest BCUT2D eigenvalue weighted by atomic mass is 32.1. The fraction of sp³-hybridized carbons (Fsp3) is 0.167. The molecule has 0 radical (unpaired) electrons. The molecule has 17 heavy (non-hydrogen) atoms. The standard InChI is InChI=1S/C12H10N2OS2/c1-7-8-5-3-4-6-14(8)9-10(7)15-12(17)13(2)11(9)16/h3-6H,1-2H3. The maximum Gasteiger partial charge on any atom is 0.269 e. The Labute approximate surface area is 108 Å². The van der Waals surface area contributed by atoms with Gasteiger partial charge in [-0.1, -0.05) is 18.3 Å². The number of pyridine rings is 1. The van der Waals surface area contributed by atoms with Gasteiger partial charge in [-0.3, -0.25) is 4.57 Å². The second kappa shape index (κ2) is 3.51. The molecule has 0 fully saturated rings. The van der Waals surface area contributed by atoms with Gasteiger partial charge in [-0.2, -0.15) is 0 Å². The van der Waals surface area contributed by atoms with Crippen LogP contribution in [0.25, 0.3) is 16.6 Å². The summed E-state index contributed by atoms with van der Waals surface area (Å²) in [5.41, 5.74) is 3.85. The molecule has 0 N–H and O–H groups in total. The third kappa shape index (κ3) is 1.33. The zero-order valence-electron chi connectivity index (χ0n) is 9.43. The molecule has 5 heteroatoms. The van der Waals surface area contributed by atoms with Crippen LogP contribution in [0, 0.1) is 16.4 Å². The molecule has 0 saturated heterocycles. The van der Waals surface area contributed by atoms with Gasteiger partial charge in [0, 0.05) is 18.8 Å². The van der Waals surface area contributed by atoms with Crippen LogP contribution in [0.5, 0.6) is 0 Å². The van der Waals surface area contributed by atoms with E-state index < -0.39 is 0 Å². The van der Waals surface area contributed by atoms with Crippen molar-refractivity contribution in [3.63, 3.8) is 0 Å². The molecule has 0 amide bonds. The van der Waals surface area contributed by atoms with E-state index in [-0.39, 0.29) is 0 Å². The van der Waals surface area contributed by atoms with Crippen LogP contribution < -0.4 is 0 Å². The molecule has 0 saturated carbocycles. The van der Waals surface area contributed by atoms with Gasteiger partial charge in [-0.05, 0) is 31.3 Å². The van der Waals surface area contributed by atoms with Gasteiger partial charge in [0.05, 0.1) is 5.52 Å². The van der Waals surface area contributed by atoms with Crippen molar-refractivity contribution >= 4 is 41.1 Å². The lowest BCUT2D eigenvalue weighted by Crippen LogP contribution is -1.95. The monoisotopic (exact) mass is 262 g/mol. The Hall–Kier alpha value is -1.46. The number of aryl methyl sites for hydroxylation is 1. The Kier molecular flexibility index (Phi) is 2.21. The van der Waals surface area contributed by atoms with E-state index in [9.17, 15) is 0 Å². The van der Waals surface area contributed by atoms with Gasteiger partial charge in [-0.15, -0.1) is 0 Å². The quantitative estimate of drug-likeness (QED) is 0.576. The first-order valence-corrected chi connectivity index (χ1v) is 6.02. The summed E-state index contributed by atoms with van der Waals surface area (Å²) in [5.74, 6) is 0. The minimum Gasteiger partial charge on any atom is -0.429 e. The van der Waals surface area contributed by atoms with Crippen molar-refractivity contribution in [2.75, 3.05) is 0 Å². The molecular formula is C12H10N2OS2. The number of fused-ring (bicyclic) bond motifs is 3. The van der Waals surface area contributed by atoms with Gasteiger partial charge in [0.25, 0.3) is 4.84 Å². The average Bonchev–Trinajstić information content (AvgIpc) is 2.61. The smallest absolute Gasteiger partial charge is 0.269 e. The molecule has 3 aromatic rings. The number of hydrogen-bond acceptors (Lipinski definition) is 3. The summed E-state index contributed by atoms with van der Waals surface area (Å²) in [6, 6.07) is 6.02. The van der Waals surface area contributed by atoms with E-state index in [1.807, 2.05) is 42.8 Å². The summed E-state index contributed by atoms with van der Waals surface area (Å²) in [5, 5.41) is 0. The molecule has 0 aromatic carbocycles. The predicted molar refractivity (Wildman–Crippen MR) is 72.5 cm³/mol. The van der Waals surface area contributed by atoms with Crippen molar-refractivity contribution in [3.05, 3.63) is 39.4 Å². The van der Waals surface area contributed by atoms with E-state index in [0.717, 1.165) is 22.2 Å². The van der Waals surface area contributed by atoms with E-state index in [2.05, 4.69) is 0 Å². The first-order chi connectivity index (χ1) is 8.11. The van der Waals surface area contributed by atoms with E-state index in [1.54, 1.807) is 4.57 Å². The first kappa shape index (κ1) is 10.7. The summed E-state index contributed by atoms with van der Waals surface area (Å²) in [6.45, 7) is 2.02. The third-order valence-corrected chi connectivity index (χ3v) is 3.84. The average molecular weight is 262 g/mol. The Balaban J connectivity index is 2.79. The summed E-state index contributed by atoms with van der Waals surface area (Å²) >= 11 is 10.6. The van der Waals surface area contributed by atoms with E-state index in [0.29, 0.717) is 9.48 Å². The van der Waals surface area contributed by atoms with Gasteiger partial charge < -0.3 is 8.82 Å². The van der Waals surface area contributed by atoms with Crippen molar-refractivity contribution in [1.82, 2.24) is 8.97 Å². The van der Waals surface area contributed by atoms with Crippen molar-refractivity contribution in [2.45, 2.75) is 6.92 Å². The van der Waals surface area contributed by atoms with Crippen LogP contribution in [-0.2, 0) is 7.05 Å². The predicted octanol–water partition coefficient (Wildman–Crippen LogP) is 3.79. The SMILES string of the molecule is Cc1c2oc(=S)n(C)c(=S)c2n2ccccc12. The molecule has 0 atom stereocenters. The van der Waals surface area contributed by atoms with Crippen LogP contribution in [0.1, 0.15) is 5.56 Å². The summed E-state index contributed by atoms with van der Waals surface area (Å²) in [6.07, 6.45) is 1.99. The van der Waals surface area contributed by atoms with Gasteiger partial charge >= 0.3 is 0 Å². The lowest BCUT2D eigenvalue weighted by Gasteiger charge is -2.00. The second-order valence-electron chi connectivity index (χ2n) is 3.99. The Morgan fingerprint density at radius 1 is 1.24 bits per heavy atom. The number of hydrogen-bond donors (Lipinski definition) is 0. The first-order valence-electron chi connectivity index (χ1n) is 5.21. The van der Waals surface area contributed by atoms with E-state index in [1.165, 1.54) is 0 Å². The largest absolute Gasteiger partial charge is 0.429 e. The second-order valence-corrected chi connectivity index (χ2v) is 4.73. The van der Waals surface area contributed by atoms with E-state index >= 15 is 0 Å². The topological polar surface area (TPSA) is 22.5 Å². The summed E-state index contributed by atoms with van der Waals surface area (Å²) in [7, 11) is 1.82. The number of rotatable bonds is 0. The highest BCUT2D eigenvalue weighted by Gasteiger charge is 2.12. The Morgan fingerprint density at radius 2 is 2.00 bits per heavy atom. The van der Waals surface area contributed by atoms with Gasteiger partial charge in [0.2, 0.25) is 0 Å². The highest BCUT2D eigenvalue weighted by molar-refractivity contribution is 7.72. The number of nitrogens with zero attached hydrogens (tertiary/aromatic N) is 2. The van der Waals surface area contributed by atoms with Crippen LogP contribution in [0.4, 0.5) is 0 Å². The van der Waals surface area contributed by atoms with Crippen molar-refractivity contribution in [3.8, 4) is 0 Å². The van der Waals surface area contributed by atoms with Crippen molar-refractivity contribution < 1.29 is 4.42 Å². The maximum atomic E-state index is 5.68. The van der Waals surface area contributed by atoms with Crippen LogP contribution in [-0.4, -0.2) is 8.97 Å². The number of aromatic nitrogens is 2. The van der Waals surface area contributed by atoms with Crippen LogP contribution in [0.3, 0.4) is 0 Å². The van der Waals surface area contributed by atoms with Gasteiger partial charge in [0.15, 0.2) is 5.58 Å². The molecule has 0 unspecified atom stereocenters. The Bertz CT molecular complexity index is 854.